The number of fused-ring (bicyclic) bond motifs is 1. The van der Waals surface area contributed by atoms with Gasteiger partial charge in [0.25, 0.3) is 0 Å². The predicted molar refractivity (Wildman–Crippen MR) is 84.6 cm³/mol. The van der Waals surface area contributed by atoms with E-state index in [4.69, 9.17) is 10.5 Å². The first-order valence-electron chi connectivity index (χ1n) is 5.78. The lowest BCUT2D eigenvalue weighted by atomic mass is 9.90. The standard InChI is InChI=1S/C13H19N3O.HI/c1-13(2)8-10(16-12(14)15-3)9-6-4-5-7-11(9)17-13;/h4-7,10H,8H2,1-3H3,(H3,14,15,16);1H. The third-order valence-electron chi connectivity index (χ3n) is 2.94. The van der Waals surface area contributed by atoms with E-state index in [1.165, 1.54) is 0 Å². The fourth-order valence-corrected chi connectivity index (χ4v) is 2.17. The zero-order chi connectivity index (χ0) is 12.5. The van der Waals surface area contributed by atoms with Gasteiger partial charge in [0, 0.05) is 19.0 Å². The van der Waals surface area contributed by atoms with Crippen molar-refractivity contribution >= 4 is 29.9 Å². The number of nitrogens with one attached hydrogen (secondary N) is 1. The molecule has 18 heavy (non-hydrogen) atoms. The molecule has 3 N–H and O–H groups in total. The number of aliphatic imine (C=N–C) groups is 1. The van der Waals surface area contributed by atoms with Crippen LogP contribution >= 0.6 is 24.0 Å². The maximum Gasteiger partial charge on any atom is 0.188 e. The molecule has 1 atom stereocenters. The van der Waals surface area contributed by atoms with E-state index in [9.17, 15) is 0 Å². The van der Waals surface area contributed by atoms with Crippen LogP contribution in [0.3, 0.4) is 0 Å². The normalized spacial score (nSPS) is 21.3. The minimum atomic E-state index is -0.194. The third-order valence-corrected chi connectivity index (χ3v) is 2.94. The van der Waals surface area contributed by atoms with Crippen molar-refractivity contribution < 1.29 is 4.74 Å². The number of hydrogen-bond donors (Lipinski definition) is 2. The Balaban J connectivity index is 0.00000162. The van der Waals surface area contributed by atoms with Crippen molar-refractivity contribution in [2.45, 2.75) is 31.9 Å². The van der Waals surface area contributed by atoms with Crippen molar-refractivity contribution in [2.24, 2.45) is 10.7 Å². The van der Waals surface area contributed by atoms with Gasteiger partial charge in [-0.2, -0.15) is 0 Å². The first-order valence-corrected chi connectivity index (χ1v) is 5.78. The van der Waals surface area contributed by atoms with E-state index in [1.54, 1.807) is 7.05 Å². The Morgan fingerprint density at radius 2 is 2.11 bits per heavy atom. The second-order valence-electron chi connectivity index (χ2n) is 4.91. The number of ether oxygens (including phenoxy) is 1. The molecule has 1 aliphatic heterocycles. The molecule has 1 aromatic rings. The summed E-state index contributed by atoms with van der Waals surface area (Å²) in [5.41, 5.74) is 6.69. The molecule has 1 heterocycles. The minimum Gasteiger partial charge on any atom is -0.487 e. The Hall–Kier alpha value is -0.980. The van der Waals surface area contributed by atoms with Gasteiger partial charge in [-0.3, -0.25) is 4.99 Å². The summed E-state index contributed by atoms with van der Waals surface area (Å²) in [4.78, 5) is 3.95. The van der Waals surface area contributed by atoms with E-state index in [0.717, 1.165) is 17.7 Å². The van der Waals surface area contributed by atoms with Crippen LogP contribution in [0.5, 0.6) is 5.75 Å². The van der Waals surface area contributed by atoms with E-state index in [-0.39, 0.29) is 35.6 Å². The zero-order valence-electron chi connectivity index (χ0n) is 10.9. The molecular weight excluding hydrogens is 341 g/mol. The average Bonchev–Trinajstić information content (AvgIpc) is 2.27. The number of hydrogen-bond acceptors (Lipinski definition) is 2. The highest BCUT2D eigenvalue weighted by Gasteiger charge is 2.33. The van der Waals surface area contributed by atoms with Crippen LogP contribution in [-0.2, 0) is 0 Å². The molecular formula is C13H20IN3O. The van der Waals surface area contributed by atoms with Crippen LogP contribution in [0.15, 0.2) is 29.3 Å². The fraction of sp³-hybridized carbons (Fsp3) is 0.462. The zero-order valence-corrected chi connectivity index (χ0v) is 13.3. The minimum absolute atomic E-state index is 0. The highest BCUT2D eigenvalue weighted by molar-refractivity contribution is 14.0. The molecule has 2 rings (SSSR count). The smallest absolute Gasteiger partial charge is 0.188 e. The van der Waals surface area contributed by atoms with Gasteiger partial charge in [0.05, 0.1) is 6.04 Å². The molecule has 0 saturated heterocycles. The van der Waals surface area contributed by atoms with Gasteiger partial charge >= 0.3 is 0 Å². The largest absolute Gasteiger partial charge is 0.487 e. The molecule has 1 aromatic carbocycles. The van der Waals surface area contributed by atoms with Crippen molar-refractivity contribution in [3.63, 3.8) is 0 Å². The lowest BCUT2D eigenvalue weighted by Gasteiger charge is -2.38. The van der Waals surface area contributed by atoms with Gasteiger partial charge in [-0.1, -0.05) is 18.2 Å². The summed E-state index contributed by atoms with van der Waals surface area (Å²) in [5.74, 6) is 1.38. The maximum absolute atomic E-state index is 5.94. The summed E-state index contributed by atoms with van der Waals surface area (Å²) in [5, 5.41) is 3.23. The molecule has 4 nitrogen and oxygen atoms in total. The number of nitrogens with zero attached hydrogens (tertiary/aromatic N) is 1. The van der Waals surface area contributed by atoms with Crippen LogP contribution in [0, 0.1) is 0 Å². The lowest BCUT2D eigenvalue weighted by Crippen LogP contribution is -2.43. The number of para-hydroxylation sites is 1. The summed E-state index contributed by atoms with van der Waals surface area (Å²) >= 11 is 0. The van der Waals surface area contributed by atoms with Crippen molar-refractivity contribution in [1.82, 2.24) is 5.32 Å². The molecule has 0 aliphatic carbocycles. The number of guanidine groups is 1. The molecule has 5 heteroatoms. The summed E-state index contributed by atoms with van der Waals surface area (Å²) < 4.78 is 5.94. The summed E-state index contributed by atoms with van der Waals surface area (Å²) in [6.45, 7) is 4.16. The van der Waals surface area contributed by atoms with Crippen LogP contribution in [-0.4, -0.2) is 18.6 Å². The quantitative estimate of drug-likeness (QED) is 0.459. The van der Waals surface area contributed by atoms with Crippen LogP contribution in [0.1, 0.15) is 31.9 Å². The lowest BCUT2D eigenvalue weighted by molar-refractivity contribution is 0.0695. The molecule has 0 amide bonds. The Morgan fingerprint density at radius 1 is 1.44 bits per heavy atom. The second-order valence-corrected chi connectivity index (χ2v) is 4.91. The van der Waals surface area contributed by atoms with Crippen LogP contribution in [0.2, 0.25) is 0 Å². The molecule has 0 aromatic heterocycles. The van der Waals surface area contributed by atoms with E-state index in [2.05, 4.69) is 30.2 Å². The SMILES string of the molecule is CN=C(N)NC1CC(C)(C)Oc2ccccc21.I. The first kappa shape index (κ1) is 15.1. The van der Waals surface area contributed by atoms with Gasteiger partial charge in [-0.15, -0.1) is 24.0 Å². The van der Waals surface area contributed by atoms with Gasteiger partial charge < -0.3 is 15.8 Å². The predicted octanol–water partition coefficient (Wildman–Crippen LogP) is 2.44. The Kier molecular flexibility index (Phi) is 4.84. The second kappa shape index (κ2) is 5.77. The first-order chi connectivity index (χ1) is 8.02. The van der Waals surface area contributed by atoms with Gasteiger partial charge in [0.15, 0.2) is 5.96 Å². The summed E-state index contributed by atoms with van der Waals surface area (Å²) in [6.07, 6.45) is 0.861. The van der Waals surface area contributed by atoms with E-state index in [0.29, 0.717) is 5.96 Å². The Morgan fingerprint density at radius 3 is 2.78 bits per heavy atom. The molecule has 100 valence electrons. The highest BCUT2D eigenvalue weighted by Crippen LogP contribution is 2.38. The van der Waals surface area contributed by atoms with Gasteiger partial charge in [0.1, 0.15) is 11.4 Å². The Bertz CT molecular complexity index is 446. The van der Waals surface area contributed by atoms with Crippen molar-refractivity contribution in [3.05, 3.63) is 29.8 Å². The summed E-state index contributed by atoms with van der Waals surface area (Å²) in [6, 6.07) is 8.19. The molecule has 0 saturated carbocycles. The molecule has 0 bridgehead atoms. The highest BCUT2D eigenvalue weighted by atomic mass is 127. The van der Waals surface area contributed by atoms with Crippen molar-refractivity contribution in [2.75, 3.05) is 7.05 Å². The number of benzene rings is 1. The van der Waals surface area contributed by atoms with Crippen molar-refractivity contribution in [3.8, 4) is 5.75 Å². The van der Waals surface area contributed by atoms with E-state index >= 15 is 0 Å². The van der Waals surface area contributed by atoms with Crippen molar-refractivity contribution in [1.29, 1.82) is 0 Å². The third kappa shape index (κ3) is 3.28. The Labute approximate surface area is 125 Å². The summed E-state index contributed by atoms with van der Waals surface area (Å²) in [7, 11) is 1.68. The van der Waals surface area contributed by atoms with Crippen LogP contribution < -0.4 is 15.8 Å². The van der Waals surface area contributed by atoms with E-state index < -0.39 is 0 Å². The van der Waals surface area contributed by atoms with Gasteiger partial charge in [-0.25, -0.2) is 0 Å². The van der Waals surface area contributed by atoms with Gasteiger partial charge in [-0.05, 0) is 19.9 Å². The monoisotopic (exact) mass is 361 g/mol. The van der Waals surface area contributed by atoms with E-state index in [1.807, 2.05) is 18.2 Å². The number of nitrogens with two attached hydrogens (primary N) is 1. The number of halogens is 1. The van der Waals surface area contributed by atoms with Gasteiger partial charge in [0.2, 0.25) is 0 Å². The molecule has 0 spiro atoms. The van der Waals surface area contributed by atoms with Crippen LogP contribution in [0.25, 0.3) is 0 Å². The molecule has 1 unspecified atom stereocenters. The number of rotatable bonds is 1. The molecule has 0 fully saturated rings. The average molecular weight is 361 g/mol. The molecule has 0 radical (unpaired) electrons. The maximum atomic E-state index is 5.94. The van der Waals surface area contributed by atoms with Crippen LogP contribution in [0.4, 0.5) is 0 Å². The molecule has 1 aliphatic rings. The topological polar surface area (TPSA) is 59.6 Å². The fourth-order valence-electron chi connectivity index (χ4n) is 2.17.